The highest BCUT2D eigenvalue weighted by molar-refractivity contribution is 6.12. The van der Waals surface area contributed by atoms with Gasteiger partial charge in [-0.05, 0) is 144 Å². The van der Waals surface area contributed by atoms with Gasteiger partial charge in [0.15, 0.2) is 5.60 Å². The zero-order chi connectivity index (χ0) is 45.6. The van der Waals surface area contributed by atoms with E-state index in [9.17, 15) is 2.74 Å². The van der Waals surface area contributed by atoms with Crippen LogP contribution in [0.25, 0.3) is 38.8 Å². The minimum Gasteiger partial charge on any atom is -0.464 e. The Morgan fingerprint density at radius 3 is 2.23 bits per heavy atom. The van der Waals surface area contributed by atoms with E-state index in [-0.39, 0.29) is 29.1 Å². The molecule has 5 nitrogen and oxygen atoms in total. The molecule has 0 saturated heterocycles. The minimum absolute atomic E-state index is 0.0375. The van der Waals surface area contributed by atoms with Gasteiger partial charge in [-0.15, -0.1) is 0 Å². The Kier molecular flexibility index (Phi) is 8.53. The van der Waals surface area contributed by atoms with Crippen LogP contribution in [0.15, 0.2) is 96.1 Å². The molecule has 0 bridgehead atoms. The van der Waals surface area contributed by atoms with Crippen LogP contribution in [-0.4, -0.2) is 21.5 Å². The number of aryl methyl sites for hydroxylation is 3. The summed E-state index contributed by atoms with van der Waals surface area (Å²) in [5.74, 6) is 3.47. The Balaban J connectivity index is 1.18. The van der Waals surface area contributed by atoms with Gasteiger partial charge in [0.2, 0.25) is 5.90 Å². The van der Waals surface area contributed by atoms with Crippen LogP contribution < -0.4 is 4.74 Å². The number of aliphatic imine (C=N–C) groups is 1. The van der Waals surface area contributed by atoms with E-state index < -0.39 is 18.0 Å². The third kappa shape index (κ3) is 6.08. The summed E-state index contributed by atoms with van der Waals surface area (Å²) in [5, 5.41) is 2.41. The minimum atomic E-state index is -1.54. The zero-order valence-electron chi connectivity index (χ0n) is 40.8. The van der Waals surface area contributed by atoms with Gasteiger partial charge in [-0.1, -0.05) is 110 Å². The van der Waals surface area contributed by atoms with E-state index in [1.165, 1.54) is 49.7 Å². The van der Waals surface area contributed by atoms with Crippen LogP contribution in [0, 0.1) is 20.8 Å². The van der Waals surface area contributed by atoms with Crippen LogP contribution >= 0.6 is 0 Å². The Labute approximate surface area is 371 Å². The monoisotopic (exact) mass is 821 g/mol. The molecule has 316 valence electrons. The van der Waals surface area contributed by atoms with E-state index in [2.05, 4.69) is 173 Å². The molecule has 0 saturated carbocycles. The van der Waals surface area contributed by atoms with E-state index in [1.807, 2.05) is 13.1 Å². The lowest BCUT2D eigenvalue weighted by atomic mass is 9.73. The molecule has 3 aliphatic rings. The van der Waals surface area contributed by atoms with Gasteiger partial charge < -0.3 is 9.47 Å². The fourth-order valence-corrected chi connectivity index (χ4v) is 10.6. The summed E-state index contributed by atoms with van der Waals surface area (Å²) in [6.07, 6.45) is 0.597. The average Bonchev–Trinajstić information content (AvgIpc) is 3.73. The van der Waals surface area contributed by atoms with E-state index in [0.29, 0.717) is 11.6 Å². The molecule has 5 heteroatoms. The molecule has 0 amide bonds. The molecule has 0 spiro atoms. The third-order valence-corrected chi connectivity index (χ3v) is 14.1. The Hall–Kier alpha value is -5.68. The first-order valence-corrected chi connectivity index (χ1v) is 22.5. The van der Waals surface area contributed by atoms with Gasteiger partial charge in [0, 0.05) is 47.9 Å². The number of aromatic nitrogens is 2. The molecule has 0 fully saturated rings. The molecule has 7 aromatic rings. The van der Waals surface area contributed by atoms with Gasteiger partial charge in [-0.2, -0.15) is 0 Å². The molecular formula is C57H61N3O2. The van der Waals surface area contributed by atoms with Gasteiger partial charge in [0.25, 0.3) is 0 Å². The molecule has 0 unspecified atom stereocenters. The van der Waals surface area contributed by atoms with Gasteiger partial charge in [-0.25, -0.2) is 9.98 Å². The second-order valence-electron chi connectivity index (χ2n) is 20.7. The number of ether oxygens (including phenoxy) is 2. The fourth-order valence-electron chi connectivity index (χ4n) is 10.6. The van der Waals surface area contributed by atoms with Crippen molar-refractivity contribution in [2.45, 2.75) is 137 Å². The topological polar surface area (TPSA) is 48.6 Å². The summed E-state index contributed by atoms with van der Waals surface area (Å²) < 4.78 is 35.1. The van der Waals surface area contributed by atoms with E-state index in [4.69, 9.17) is 19.5 Å². The maximum Gasteiger partial charge on any atom is 0.217 e. The van der Waals surface area contributed by atoms with Crippen molar-refractivity contribution in [1.82, 2.24) is 9.55 Å². The molecule has 1 aliphatic carbocycles. The molecule has 2 aliphatic heterocycles. The summed E-state index contributed by atoms with van der Waals surface area (Å²) in [5.41, 5.74) is 15.2. The first-order valence-electron chi connectivity index (χ1n) is 23.5. The first-order chi connectivity index (χ1) is 30.1. The molecule has 4 heterocycles. The van der Waals surface area contributed by atoms with E-state index in [0.717, 1.165) is 56.0 Å². The largest absolute Gasteiger partial charge is 0.464 e. The highest BCUT2D eigenvalue weighted by atomic mass is 16.5. The Bertz CT molecular complexity index is 3120. The van der Waals surface area contributed by atoms with Crippen molar-refractivity contribution in [3.05, 3.63) is 152 Å². The maximum atomic E-state index is 9.23. The normalized spacial score (nSPS) is 20.1. The van der Waals surface area contributed by atoms with Crippen LogP contribution in [-0.2, 0) is 27.5 Å². The number of fused-ring (bicyclic) bond motifs is 8. The second-order valence-corrected chi connectivity index (χ2v) is 20.7. The van der Waals surface area contributed by atoms with Crippen molar-refractivity contribution in [1.29, 1.82) is 0 Å². The highest BCUT2D eigenvalue weighted by Crippen LogP contribution is 2.51. The number of pyridine rings is 1. The predicted molar refractivity (Wildman–Crippen MR) is 257 cm³/mol. The summed E-state index contributed by atoms with van der Waals surface area (Å²) >= 11 is 0. The quantitative estimate of drug-likeness (QED) is 0.168. The van der Waals surface area contributed by atoms with Crippen molar-refractivity contribution >= 4 is 27.7 Å². The van der Waals surface area contributed by atoms with Crippen LogP contribution in [0.1, 0.15) is 151 Å². The van der Waals surface area contributed by atoms with Crippen molar-refractivity contribution in [2.75, 3.05) is 0 Å². The summed E-state index contributed by atoms with van der Waals surface area (Å²) in [7, 11) is 0. The molecule has 2 atom stereocenters. The fraction of sp³-hybridized carbons (Fsp3) is 0.368. The van der Waals surface area contributed by atoms with Crippen molar-refractivity contribution in [2.24, 2.45) is 4.99 Å². The van der Waals surface area contributed by atoms with Gasteiger partial charge >= 0.3 is 0 Å². The number of benzene rings is 5. The number of rotatable bonds is 6. The molecule has 0 N–H and O–H groups in total. The third-order valence-electron chi connectivity index (χ3n) is 14.1. The number of nitrogens with zero attached hydrogens (tertiary/aromatic N) is 3. The van der Waals surface area contributed by atoms with Crippen LogP contribution in [0.4, 0.5) is 0 Å². The summed E-state index contributed by atoms with van der Waals surface area (Å²) in [4.78, 5) is 10.3. The van der Waals surface area contributed by atoms with Gasteiger partial charge in [0.05, 0.1) is 17.1 Å². The average molecular weight is 822 g/mol. The maximum absolute atomic E-state index is 9.23. The molecule has 10 rings (SSSR count). The van der Waals surface area contributed by atoms with E-state index in [1.54, 1.807) is 0 Å². The van der Waals surface area contributed by atoms with Gasteiger partial charge in [0.1, 0.15) is 17.3 Å². The van der Waals surface area contributed by atoms with Crippen LogP contribution in [0.3, 0.4) is 0 Å². The molecular weight excluding hydrogens is 759 g/mol. The lowest BCUT2D eigenvalue weighted by molar-refractivity contribution is 0.0634. The summed E-state index contributed by atoms with van der Waals surface area (Å²) in [6.45, 7) is 28.9. The molecule has 62 heavy (non-hydrogen) atoms. The van der Waals surface area contributed by atoms with Crippen LogP contribution in [0.5, 0.6) is 11.5 Å². The van der Waals surface area contributed by atoms with Crippen molar-refractivity contribution < 1.29 is 12.2 Å². The SMILES string of the molecule is [2H]C1([2H])C[C@H]2N=C(c3cc(Oc4cc5c(cc4C)c4cc(C(C)(C)C)cc6c4n5-c4ncccc4C6(C)C)cc(-c4c(C(C)C)cccc4C(C)C)c3)O[C@@]2(C)c2cc(C)cc(C)c21. The Morgan fingerprint density at radius 1 is 0.790 bits per heavy atom. The Morgan fingerprint density at radius 2 is 1.52 bits per heavy atom. The molecule has 0 radical (unpaired) electrons. The van der Waals surface area contributed by atoms with Crippen molar-refractivity contribution in [3.63, 3.8) is 0 Å². The predicted octanol–water partition coefficient (Wildman–Crippen LogP) is 14.8. The molecule has 5 aromatic carbocycles. The first kappa shape index (κ1) is 38.0. The number of hydrogen-bond donors (Lipinski definition) is 0. The lowest BCUT2D eigenvalue weighted by Gasteiger charge is -2.37. The smallest absolute Gasteiger partial charge is 0.217 e. The zero-order valence-corrected chi connectivity index (χ0v) is 38.8. The molecule has 2 aromatic heterocycles. The van der Waals surface area contributed by atoms with Crippen molar-refractivity contribution in [3.8, 4) is 28.4 Å². The van der Waals surface area contributed by atoms with Crippen LogP contribution in [0.2, 0.25) is 0 Å². The second kappa shape index (κ2) is 13.9. The standard InChI is InChI=1S/C57H61N3O2/c1-31(2)40-16-14-17-41(32(3)4)51(40)36-25-37(54-59-50-20-19-42-34(6)22-33(5)23-46(42)57(50,13)62-54)27-39(26-36)61-49-30-48-43(24-35(49)7)44-28-38(55(8,9)10)29-47-52(44)60(48)53-45(56(47,11)12)18-15-21-58-53/h14-18,21-32,50H,19-20H2,1-13H3/t50-,57+/m1/s1/i19D2. The lowest BCUT2D eigenvalue weighted by Crippen LogP contribution is -2.39. The summed E-state index contributed by atoms with van der Waals surface area (Å²) in [6, 6.07) is 30.5. The van der Waals surface area contributed by atoms with E-state index >= 15 is 0 Å². The van der Waals surface area contributed by atoms with Gasteiger partial charge in [-0.3, -0.25) is 4.57 Å². The number of hydrogen-bond acceptors (Lipinski definition) is 4. The highest BCUT2D eigenvalue weighted by Gasteiger charge is 2.48.